The Bertz CT molecular complexity index is 727. The zero-order valence-corrected chi connectivity index (χ0v) is 14.4. The molecule has 0 aromatic heterocycles. The summed E-state index contributed by atoms with van der Waals surface area (Å²) in [5.41, 5.74) is 7.13. The second kappa shape index (κ2) is 8.73. The first-order valence-electron chi connectivity index (χ1n) is 8.10. The van der Waals surface area contributed by atoms with Crippen LogP contribution in [0.3, 0.4) is 0 Å². The average molecular weight is 341 g/mol. The van der Waals surface area contributed by atoms with Crippen molar-refractivity contribution >= 4 is 17.6 Å². The summed E-state index contributed by atoms with van der Waals surface area (Å²) in [5.74, 6) is 0.932. The Morgan fingerprint density at radius 1 is 1.12 bits per heavy atom. The molecule has 2 aromatic carbocycles. The SMILES string of the molecule is CC(C)COc1cccc(C(=O)NCc2ccc(NC(N)=O)cc2)c1. The molecule has 6 heteroatoms. The minimum atomic E-state index is -0.611. The van der Waals surface area contributed by atoms with Crippen LogP contribution in [-0.4, -0.2) is 18.5 Å². The molecule has 2 aromatic rings. The van der Waals surface area contributed by atoms with Gasteiger partial charge in [-0.05, 0) is 41.8 Å². The highest BCUT2D eigenvalue weighted by Crippen LogP contribution is 2.15. The molecule has 6 nitrogen and oxygen atoms in total. The summed E-state index contributed by atoms with van der Waals surface area (Å²) in [6.07, 6.45) is 0. The molecule has 0 atom stereocenters. The van der Waals surface area contributed by atoms with Gasteiger partial charge < -0.3 is 21.1 Å². The van der Waals surface area contributed by atoms with E-state index in [1.54, 1.807) is 30.3 Å². The van der Waals surface area contributed by atoms with E-state index in [-0.39, 0.29) is 5.91 Å². The van der Waals surface area contributed by atoms with Crippen LogP contribution in [0, 0.1) is 5.92 Å². The van der Waals surface area contributed by atoms with Crippen LogP contribution in [0.2, 0.25) is 0 Å². The lowest BCUT2D eigenvalue weighted by Gasteiger charge is -2.10. The number of benzene rings is 2. The van der Waals surface area contributed by atoms with Crippen molar-refractivity contribution in [3.63, 3.8) is 0 Å². The van der Waals surface area contributed by atoms with Crippen molar-refractivity contribution in [3.05, 3.63) is 59.7 Å². The van der Waals surface area contributed by atoms with Gasteiger partial charge in [-0.3, -0.25) is 4.79 Å². The maximum Gasteiger partial charge on any atom is 0.316 e. The first-order valence-corrected chi connectivity index (χ1v) is 8.10. The fourth-order valence-corrected chi connectivity index (χ4v) is 2.12. The predicted octanol–water partition coefficient (Wildman–Crippen LogP) is 3.14. The highest BCUT2D eigenvalue weighted by atomic mass is 16.5. The highest BCUT2D eigenvalue weighted by Gasteiger charge is 2.07. The molecule has 0 radical (unpaired) electrons. The third-order valence-corrected chi connectivity index (χ3v) is 3.35. The lowest BCUT2D eigenvalue weighted by Crippen LogP contribution is -2.23. The van der Waals surface area contributed by atoms with E-state index in [2.05, 4.69) is 24.5 Å². The van der Waals surface area contributed by atoms with Gasteiger partial charge in [-0.2, -0.15) is 0 Å². The molecule has 0 aliphatic heterocycles. The van der Waals surface area contributed by atoms with Crippen molar-refractivity contribution in [2.45, 2.75) is 20.4 Å². The number of nitrogens with one attached hydrogen (secondary N) is 2. The van der Waals surface area contributed by atoms with Crippen molar-refractivity contribution in [2.24, 2.45) is 11.7 Å². The van der Waals surface area contributed by atoms with E-state index in [0.717, 1.165) is 5.56 Å². The van der Waals surface area contributed by atoms with Crippen LogP contribution >= 0.6 is 0 Å². The van der Waals surface area contributed by atoms with Crippen LogP contribution in [0.25, 0.3) is 0 Å². The standard InChI is InChI=1S/C19H23N3O3/c1-13(2)12-25-17-5-3-4-15(10-17)18(23)21-11-14-6-8-16(9-7-14)22-19(20)24/h3-10,13H,11-12H2,1-2H3,(H,21,23)(H3,20,22,24). The number of primary amides is 1. The largest absolute Gasteiger partial charge is 0.493 e. The minimum absolute atomic E-state index is 0.172. The Morgan fingerprint density at radius 2 is 1.84 bits per heavy atom. The molecule has 0 bridgehead atoms. The molecule has 0 fully saturated rings. The van der Waals surface area contributed by atoms with Crippen LogP contribution in [0.1, 0.15) is 29.8 Å². The lowest BCUT2D eigenvalue weighted by atomic mass is 10.1. The van der Waals surface area contributed by atoms with Crippen LogP contribution in [0.4, 0.5) is 10.5 Å². The van der Waals surface area contributed by atoms with Crippen LogP contribution in [0.5, 0.6) is 5.75 Å². The number of ether oxygens (including phenoxy) is 1. The maximum absolute atomic E-state index is 12.3. The van der Waals surface area contributed by atoms with Gasteiger partial charge in [0, 0.05) is 17.8 Å². The molecule has 0 aliphatic rings. The zero-order chi connectivity index (χ0) is 18.2. The topological polar surface area (TPSA) is 93.4 Å². The van der Waals surface area contributed by atoms with Gasteiger partial charge in [-0.1, -0.05) is 32.0 Å². The summed E-state index contributed by atoms with van der Waals surface area (Å²) in [5, 5.41) is 5.35. The van der Waals surface area contributed by atoms with Gasteiger partial charge >= 0.3 is 6.03 Å². The van der Waals surface area contributed by atoms with Gasteiger partial charge in [-0.25, -0.2) is 4.79 Å². The molecule has 132 valence electrons. The molecular formula is C19H23N3O3. The molecule has 0 unspecified atom stereocenters. The summed E-state index contributed by atoms with van der Waals surface area (Å²) in [4.78, 5) is 23.1. The van der Waals surface area contributed by atoms with Gasteiger partial charge in [0.15, 0.2) is 0 Å². The number of carbonyl (C=O) groups excluding carboxylic acids is 2. The number of anilines is 1. The number of hydrogen-bond donors (Lipinski definition) is 3. The highest BCUT2D eigenvalue weighted by molar-refractivity contribution is 5.94. The lowest BCUT2D eigenvalue weighted by molar-refractivity contribution is 0.0950. The Balaban J connectivity index is 1.91. The predicted molar refractivity (Wildman–Crippen MR) is 97.6 cm³/mol. The van der Waals surface area contributed by atoms with Crippen LogP contribution in [-0.2, 0) is 6.54 Å². The van der Waals surface area contributed by atoms with E-state index >= 15 is 0 Å². The second-order valence-electron chi connectivity index (χ2n) is 6.10. The molecule has 4 N–H and O–H groups in total. The smallest absolute Gasteiger partial charge is 0.316 e. The fraction of sp³-hybridized carbons (Fsp3) is 0.263. The Morgan fingerprint density at radius 3 is 2.48 bits per heavy atom. The molecular weight excluding hydrogens is 318 g/mol. The average Bonchev–Trinajstić information content (AvgIpc) is 2.59. The van der Waals surface area contributed by atoms with Crippen molar-refractivity contribution in [1.29, 1.82) is 0 Å². The molecule has 0 saturated heterocycles. The number of rotatable bonds is 7. The minimum Gasteiger partial charge on any atom is -0.493 e. The van der Waals surface area contributed by atoms with Crippen molar-refractivity contribution < 1.29 is 14.3 Å². The molecule has 0 heterocycles. The number of hydrogen-bond acceptors (Lipinski definition) is 3. The third-order valence-electron chi connectivity index (χ3n) is 3.35. The van der Waals surface area contributed by atoms with E-state index in [1.807, 2.05) is 18.2 Å². The summed E-state index contributed by atoms with van der Waals surface area (Å²) in [6, 6.07) is 13.6. The number of carbonyl (C=O) groups is 2. The number of amides is 3. The van der Waals surface area contributed by atoms with Crippen LogP contribution < -0.4 is 21.1 Å². The Hall–Kier alpha value is -3.02. The van der Waals surface area contributed by atoms with E-state index in [4.69, 9.17) is 10.5 Å². The van der Waals surface area contributed by atoms with E-state index in [1.165, 1.54) is 0 Å². The summed E-state index contributed by atoms with van der Waals surface area (Å²) >= 11 is 0. The quantitative estimate of drug-likeness (QED) is 0.722. The number of urea groups is 1. The van der Waals surface area contributed by atoms with Crippen molar-refractivity contribution in [1.82, 2.24) is 5.32 Å². The van der Waals surface area contributed by atoms with Gasteiger partial charge in [0.1, 0.15) is 5.75 Å². The molecule has 25 heavy (non-hydrogen) atoms. The first-order chi connectivity index (χ1) is 11.9. The summed E-state index contributed by atoms with van der Waals surface area (Å²) in [7, 11) is 0. The zero-order valence-electron chi connectivity index (χ0n) is 14.4. The normalized spacial score (nSPS) is 10.4. The molecule has 0 saturated carbocycles. The Labute approximate surface area is 147 Å². The van der Waals surface area contributed by atoms with Crippen molar-refractivity contribution in [2.75, 3.05) is 11.9 Å². The number of nitrogens with two attached hydrogens (primary N) is 1. The second-order valence-corrected chi connectivity index (χ2v) is 6.10. The molecule has 0 spiro atoms. The molecule has 3 amide bonds. The van der Waals surface area contributed by atoms with E-state index in [9.17, 15) is 9.59 Å². The molecule has 0 aliphatic carbocycles. The van der Waals surface area contributed by atoms with Gasteiger partial charge in [0.2, 0.25) is 0 Å². The van der Waals surface area contributed by atoms with Gasteiger partial charge in [0.25, 0.3) is 5.91 Å². The van der Waals surface area contributed by atoms with Gasteiger partial charge in [-0.15, -0.1) is 0 Å². The fourth-order valence-electron chi connectivity index (χ4n) is 2.12. The maximum atomic E-state index is 12.3. The first kappa shape index (κ1) is 18.3. The third kappa shape index (κ3) is 6.18. The van der Waals surface area contributed by atoms with Crippen LogP contribution in [0.15, 0.2) is 48.5 Å². The Kier molecular flexibility index (Phi) is 6.39. The summed E-state index contributed by atoms with van der Waals surface area (Å²) < 4.78 is 5.64. The summed E-state index contributed by atoms with van der Waals surface area (Å²) in [6.45, 7) is 5.13. The van der Waals surface area contributed by atoms with E-state index < -0.39 is 6.03 Å². The monoisotopic (exact) mass is 341 g/mol. The van der Waals surface area contributed by atoms with Gasteiger partial charge in [0.05, 0.1) is 6.61 Å². The molecule has 2 rings (SSSR count). The van der Waals surface area contributed by atoms with Crippen molar-refractivity contribution in [3.8, 4) is 5.75 Å². The van der Waals surface area contributed by atoms with E-state index in [0.29, 0.717) is 36.1 Å².